The number of ether oxygens (including phenoxy) is 1. The van der Waals surface area contributed by atoms with Crippen molar-refractivity contribution in [2.45, 2.75) is 13.0 Å². The molecule has 0 radical (unpaired) electrons. The number of aryl methyl sites for hydroxylation is 1. The van der Waals surface area contributed by atoms with E-state index in [1.165, 1.54) is 6.07 Å². The average Bonchev–Trinajstić information content (AvgIpc) is 2.54. The van der Waals surface area contributed by atoms with Gasteiger partial charge in [-0.15, -0.1) is 0 Å². The molecule has 0 spiro atoms. The first-order valence-corrected chi connectivity index (χ1v) is 6.93. The van der Waals surface area contributed by atoms with Gasteiger partial charge in [0, 0.05) is 6.20 Å². The third kappa shape index (κ3) is 2.37. The van der Waals surface area contributed by atoms with Crippen LogP contribution in [0.15, 0.2) is 36.5 Å². The summed E-state index contributed by atoms with van der Waals surface area (Å²) in [6.45, 7) is 2.02. The van der Waals surface area contributed by atoms with Crippen LogP contribution in [0.3, 0.4) is 0 Å². The zero-order valence-corrected chi connectivity index (χ0v) is 12.1. The molecule has 3 rings (SSSR count). The van der Waals surface area contributed by atoms with E-state index in [1.807, 2.05) is 24.0 Å². The number of aromatic carboxylic acids is 1. The van der Waals surface area contributed by atoms with E-state index in [-0.39, 0.29) is 24.8 Å². The summed E-state index contributed by atoms with van der Waals surface area (Å²) in [4.78, 5) is 17.6. The van der Waals surface area contributed by atoms with Crippen molar-refractivity contribution < 1.29 is 19.7 Å². The third-order valence-electron chi connectivity index (χ3n) is 3.62. The molecule has 0 fully saturated rings. The number of para-hydroxylation sites is 1. The second-order valence-electron chi connectivity index (χ2n) is 5.17. The number of anilines is 2. The van der Waals surface area contributed by atoms with Crippen molar-refractivity contribution in [3.05, 3.63) is 47.7 Å². The fraction of sp³-hybridized carbons (Fsp3) is 0.250. The van der Waals surface area contributed by atoms with Gasteiger partial charge in [-0.3, -0.25) is 0 Å². The largest absolute Gasteiger partial charge is 0.488 e. The van der Waals surface area contributed by atoms with E-state index in [9.17, 15) is 15.0 Å². The molecule has 0 aliphatic carbocycles. The molecule has 6 nitrogen and oxygen atoms in total. The predicted molar refractivity (Wildman–Crippen MR) is 80.9 cm³/mol. The van der Waals surface area contributed by atoms with Gasteiger partial charge in [-0.25, -0.2) is 9.78 Å². The number of aromatic nitrogens is 1. The van der Waals surface area contributed by atoms with E-state index in [0.717, 1.165) is 5.56 Å². The number of nitrogens with zero attached hydrogens (tertiary/aromatic N) is 2. The normalized spacial score (nSPS) is 16.8. The molecule has 2 heterocycles. The Morgan fingerprint density at radius 1 is 1.41 bits per heavy atom. The average molecular weight is 300 g/mol. The van der Waals surface area contributed by atoms with Gasteiger partial charge in [0.05, 0.1) is 18.3 Å². The zero-order chi connectivity index (χ0) is 15.7. The molecule has 6 heteroatoms. The molecule has 22 heavy (non-hydrogen) atoms. The maximum absolute atomic E-state index is 11.3. The fourth-order valence-corrected chi connectivity index (χ4v) is 2.53. The second kappa shape index (κ2) is 5.65. The minimum absolute atomic E-state index is 0.103. The lowest BCUT2D eigenvalue weighted by atomic mass is 10.1. The van der Waals surface area contributed by atoms with Crippen molar-refractivity contribution in [2.24, 2.45) is 0 Å². The Morgan fingerprint density at radius 3 is 2.86 bits per heavy atom. The summed E-state index contributed by atoms with van der Waals surface area (Å²) in [5, 5.41) is 18.9. The molecule has 2 N–H and O–H groups in total. The Hall–Kier alpha value is -2.60. The van der Waals surface area contributed by atoms with Gasteiger partial charge in [-0.2, -0.15) is 0 Å². The van der Waals surface area contributed by atoms with Crippen molar-refractivity contribution in [2.75, 3.05) is 18.1 Å². The monoisotopic (exact) mass is 300 g/mol. The van der Waals surface area contributed by atoms with Crippen LogP contribution in [-0.4, -0.2) is 40.4 Å². The van der Waals surface area contributed by atoms with Crippen LogP contribution in [0.4, 0.5) is 11.5 Å². The van der Waals surface area contributed by atoms with Gasteiger partial charge >= 0.3 is 5.97 Å². The second-order valence-corrected chi connectivity index (χ2v) is 5.17. The molecule has 2 aromatic rings. The Balaban J connectivity index is 2.14. The topological polar surface area (TPSA) is 82.9 Å². The number of carboxylic acids is 1. The highest BCUT2D eigenvalue weighted by Crippen LogP contribution is 2.40. The molecule has 0 amide bonds. The minimum Gasteiger partial charge on any atom is -0.488 e. The first-order valence-electron chi connectivity index (χ1n) is 6.93. The van der Waals surface area contributed by atoms with Crippen LogP contribution < -0.4 is 9.64 Å². The lowest BCUT2D eigenvalue weighted by Gasteiger charge is -2.37. The summed E-state index contributed by atoms with van der Waals surface area (Å²) >= 11 is 0. The van der Waals surface area contributed by atoms with E-state index in [0.29, 0.717) is 17.3 Å². The summed E-state index contributed by atoms with van der Waals surface area (Å²) in [7, 11) is 0. The van der Waals surface area contributed by atoms with Crippen LogP contribution in [0.1, 0.15) is 15.9 Å². The van der Waals surface area contributed by atoms with Gasteiger partial charge in [0.1, 0.15) is 18.0 Å². The Bertz CT molecular complexity index is 700. The molecule has 1 aromatic carbocycles. The third-order valence-corrected chi connectivity index (χ3v) is 3.62. The number of hydrogen-bond acceptors (Lipinski definition) is 5. The van der Waals surface area contributed by atoms with E-state index >= 15 is 0 Å². The lowest BCUT2D eigenvalue weighted by molar-refractivity contribution is 0.0690. The number of aliphatic hydroxyl groups is 1. The van der Waals surface area contributed by atoms with Crippen molar-refractivity contribution in [1.29, 1.82) is 0 Å². The van der Waals surface area contributed by atoms with E-state index in [2.05, 4.69) is 4.98 Å². The van der Waals surface area contributed by atoms with Gasteiger partial charge in [0.2, 0.25) is 0 Å². The number of carbonyl (C=O) groups is 1. The predicted octanol–water partition coefficient (Wildman–Crippen LogP) is 1.98. The number of aliphatic hydroxyl groups excluding tert-OH is 1. The molecule has 1 aliphatic rings. The molecule has 1 atom stereocenters. The first kappa shape index (κ1) is 14.3. The highest BCUT2D eigenvalue weighted by molar-refractivity contribution is 5.94. The Labute approximate surface area is 127 Å². The van der Waals surface area contributed by atoms with Gasteiger partial charge in [0.25, 0.3) is 0 Å². The number of rotatable bonds is 3. The standard InChI is InChI=1S/C16H16N2O4/c1-10-5-6-14(17-7-10)18-11(8-19)9-22-15-12(16(20)21)3-2-4-13(15)18/h2-7,11,19H,8-9H2,1H3,(H,20,21)/t11-/m0/s1. The number of benzene rings is 1. The highest BCUT2D eigenvalue weighted by atomic mass is 16.5. The maximum atomic E-state index is 11.3. The van der Waals surface area contributed by atoms with Crippen molar-refractivity contribution >= 4 is 17.5 Å². The van der Waals surface area contributed by atoms with Crippen LogP contribution >= 0.6 is 0 Å². The van der Waals surface area contributed by atoms with Gasteiger partial charge in [-0.1, -0.05) is 12.1 Å². The first-order chi connectivity index (χ1) is 10.6. The van der Waals surface area contributed by atoms with Crippen molar-refractivity contribution in [3.8, 4) is 5.75 Å². The number of hydrogen-bond donors (Lipinski definition) is 2. The molecule has 0 saturated heterocycles. The molecule has 1 aliphatic heterocycles. The Kier molecular flexibility index (Phi) is 3.68. The van der Waals surface area contributed by atoms with E-state index in [4.69, 9.17) is 4.74 Å². The SMILES string of the molecule is Cc1ccc(N2c3cccc(C(=O)O)c3OC[C@@H]2CO)nc1. The summed E-state index contributed by atoms with van der Waals surface area (Å²) in [6, 6.07) is 8.39. The smallest absolute Gasteiger partial charge is 0.339 e. The number of pyridine rings is 1. The number of fused-ring (bicyclic) bond motifs is 1. The molecule has 0 bridgehead atoms. The summed E-state index contributed by atoms with van der Waals surface area (Å²) in [6.07, 6.45) is 1.74. The number of carboxylic acid groups (broad SMARTS) is 1. The van der Waals surface area contributed by atoms with E-state index in [1.54, 1.807) is 18.3 Å². The van der Waals surface area contributed by atoms with E-state index < -0.39 is 5.97 Å². The van der Waals surface area contributed by atoms with Crippen LogP contribution in [0.5, 0.6) is 5.75 Å². The summed E-state index contributed by atoms with van der Waals surface area (Å²) in [5.74, 6) is -0.0880. The quantitative estimate of drug-likeness (QED) is 0.902. The molecular weight excluding hydrogens is 284 g/mol. The summed E-state index contributed by atoms with van der Waals surface area (Å²) in [5.41, 5.74) is 1.73. The van der Waals surface area contributed by atoms with Crippen molar-refractivity contribution in [1.82, 2.24) is 4.98 Å². The molecule has 114 valence electrons. The molecule has 0 saturated carbocycles. The highest BCUT2D eigenvalue weighted by Gasteiger charge is 2.31. The zero-order valence-electron chi connectivity index (χ0n) is 12.1. The van der Waals surface area contributed by atoms with Gasteiger partial charge < -0.3 is 19.8 Å². The van der Waals surface area contributed by atoms with Crippen LogP contribution in [-0.2, 0) is 0 Å². The lowest BCUT2D eigenvalue weighted by Crippen LogP contribution is -2.43. The molecular formula is C16H16N2O4. The van der Waals surface area contributed by atoms with Gasteiger partial charge in [-0.05, 0) is 30.7 Å². The van der Waals surface area contributed by atoms with Crippen LogP contribution in [0, 0.1) is 6.92 Å². The van der Waals surface area contributed by atoms with Crippen molar-refractivity contribution in [3.63, 3.8) is 0 Å². The Morgan fingerprint density at radius 2 is 2.23 bits per heavy atom. The minimum atomic E-state index is -1.05. The van der Waals surface area contributed by atoms with Crippen LogP contribution in [0.2, 0.25) is 0 Å². The maximum Gasteiger partial charge on any atom is 0.339 e. The fourth-order valence-electron chi connectivity index (χ4n) is 2.53. The van der Waals surface area contributed by atoms with Crippen LogP contribution in [0.25, 0.3) is 0 Å². The molecule has 1 aromatic heterocycles. The summed E-state index contributed by atoms with van der Waals surface area (Å²) < 4.78 is 5.58. The molecule has 0 unspecified atom stereocenters. The van der Waals surface area contributed by atoms with Gasteiger partial charge in [0.15, 0.2) is 5.75 Å².